The molecule has 314 valence electrons. The minimum Gasteiger partial charge on any atom is -0.497 e. The lowest BCUT2D eigenvalue weighted by Crippen LogP contribution is -2.28. The number of halogens is 1. The summed E-state index contributed by atoms with van der Waals surface area (Å²) < 4.78 is 58.4. The van der Waals surface area contributed by atoms with Crippen LogP contribution in [0.25, 0.3) is 16.8 Å². The van der Waals surface area contributed by atoms with Crippen LogP contribution in [0.2, 0.25) is 5.02 Å². The predicted molar refractivity (Wildman–Crippen MR) is 223 cm³/mol. The van der Waals surface area contributed by atoms with Crippen LogP contribution in [0.15, 0.2) is 75.1 Å². The fourth-order valence-electron chi connectivity index (χ4n) is 6.78. The number of nitrogens with zero attached hydrogens (tertiary/aromatic N) is 5. The van der Waals surface area contributed by atoms with E-state index in [-0.39, 0.29) is 30.4 Å². The minimum atomic E-state index is -3.75. The van der Waals surface area contributed by atoms with Gasteiger partial charge in [-0.2, -0.15) is 0 Å². The zero-order valence-corrected chi connectivity index (χ0v) is 35.5. The fourth-order valence-corrected chi connectivity index (χ4v) is 8.19. The number of aromatic nitrogens is 4. The second kappa shape index (κ2) is 20.3. The van der Waals surface area contributed by atoms with Crippen molar-refractivity contribution in [2.24, 2.45) is 4.99 Å². The van der Waals surface area contributed by atoms with Crippen molar-refractivity contribution in [1.29, 1.82) is 0 Å². The Bertz CT molecular complexity index is 2340. The molecule has 6 rings (SSSR count). The number of aryl methyl sites for hydroxylation is 4. The minimum absolute atomic E-state index is 0.0770. The second-order valence-electron chi connectivity index (χ2n) is 14.0. The molecule has 2 aromatic heterocycles. The van der Waals surface area contributed by atoms with E-state index in [9.17, 15) is 13.2 Å². The van der Waals surface area contributed by atoms with Gasteiger partial charge in [0, 0.05) is 54.6 Å². The zero-order valence-electron chi connectivity index (χ0n) is 33.9. The third-order valence-electron chi connectivity index (χ3n) is 9.70. The lowest BCUT2D eigenvalue weighted by molar-refractivity contribution is -0.121. The number of ether oxygens (including phenoxy) is 4. The van der Waals surface area contributed by atoms with E-state index in [2.05, 4.69) is 25.4 Å². The zero-order chi connectivity index (χ0) is 41.9. The number of amides is 1. The molecule has 59 heavy (non-hydrogen) atoms. The van der Waals surface area contributed by atoms with Gasteiger partial charge in [-0.1, -0.05) is 41.0 Å². The number of nitrogens with one attached hydrogen (secondary N) is 2. The van der Waals surface area contributed by atoms with Crippen molar-refractivity contribution in [1.82, 2.24) is 30.0 Å². The van der Waals surface area contributed by atoms with Crippen LogP contribution in [0.1, 0.15) is 65.1 Å². The van der Waals surface area contributed by atoms with Crippen molar-refractivity contribution in [3.05, 3.63) is 105 Å². The van der Waals surface area contributed by atoms with Crippen molar-refractivity contribution in [3.8, 4) is 22.6 Å². The van der Waals surface area contributed by atoms with E-state index in [4.69, 9.17) is 40.1 Å². The number of aliphatic imine (C=N–C) groups is 1. The van der Waals surface area contributed by atoms with Crippen molar-refractivity contribution >= 4 is 33.2 Å². The summed E-state index contributed by atoms with van der Waals surface area (Å²) in [5.41, 5.74) is 6.09. The highest BCUT2D eigenvalue weighted by molar-refractivity contribution is 7.89. The highest BCUT2D eigenvalue weighted by Gasteiger charge is 2.30. The molecule has 17 heteroatoms. The van der Waals surface area contributed by atoms with Gasteiger partial charge in [0.1, 0.15) is 23.4 Å². The van der Waals surface area contributed by atoms with Gasteiger partial charge >= 0.3 is 0 Å². The van der Waals surface area contributed by atoms with Gasteiger partial charge < -0.3 is 28.8 Å². The van der Waals surface area contributed by atoms with Crippen LogP contribution >= 0.6 is 11.6 Å². The van der Waals surface area contributed by atoms with Gasteiger partial charge in [-0.25, -0.2) is 13.1 Å². The number of rotatable bonds is 21. The largest absolute Gasteiger partial charge is 0.497 e. The van der Waals surface area contributed by atoms with Crippen LogP contribution in [0.4, 0.5) is 0 Å². The Morgan fingerprint density at radius 3 is 2.27 bits per heavy atom. The fraction of sp³-hybridized carbons (Fsp3) is 0.405. The smallest absolute Gasteiger partial charge is 0.240 e. The molecule has 0 spiro atoms. The Kier molecular flexibility index (Phi) is 15.0. The Labute approximate surface area is 349 Å². The van der Waals surface area contributed by atoms with E-state index in [1.54, 1.807) is 33.1 Å². The molecule has 15 nitrogen and oxygen atoms in total. The summed E-state index contributed by atoms with van der Waals surface area (Å²) in [6, 6.07) is 17.9. The number of methoxy groups -OCH3 is 1. The van der Waals surface area contributed by atoms with Gasteiger partial charge in [-0.05, 0) is 88.1 Å². The molecule has 2 N–H and O–H groups in total. The monoisotopic (exact) mass is 847 g/mol. The number of fused-ring (bicyclic) bond motifs is 3. The van der Waals surface area contributed by atoms with E-state index >= 15 is 0 Å². The van der Waals surface area contributed by atoms with Gasteiger partial charge in [-0.3, -0.25) is 14.4 Å². The van der Waals surface area contributed by atoms with E-state index in [0.29, 0.717) is 97.6 Å². The first kappa shape index (κ1) is 43.6. The molecular formula is C42H50ClN7O8S. The number of hydrogen-bond acceptors (Lipinski definition) is 12. The van der Waals surface area contributed by atoms with Gasteiger partial charge in [0.25, 0.3) is 0 Å². The highest BCUT2D eigenvalue weighted by Crippen LogP contribution is 2.35. The number of sulfonamides is 1. The average molecular weight is 848 g/mol. The molecule has 0 bridgehead atoms. The number of benzene rings is 3. The van der Waals surface area contributed by atoms with Crippen LogP contribution in [-0.2, 0) is 29.0 Å². The molecule has 5 aromatic rings. The standard InChI is InChI=1S/C42H50ClN7O8S/c1-27-8-9-32(40-28(2)49-58-29(40)3)24-38(27)59(52,53)45-17-21-55-19-7-20-57-23-22-56-18-6-16-44-39(51)26-36-42-48-47-30(4)50(42)37-15-14-34(54-5)25-35(37)41(46-36)31-10-12-33(43)13-11-31/h8-15,24-25,36,45H,6-7,16-23,26H2,1-5H3,(H,44,51)/t36-/m0/s1. The van der Waals surface area contributed by atoms with Gasteiger partial charge in [0.2, 0.25) is 15.9 Å². The van der Waals surface area contributed by atoms with E-state index < -0.39 is 16.1 Å². The average Bonchev–Trinajstić information content (AvgIpc) is 3.73. The maximum Gasteiger partial charge on any atom is 0.240 e. The maximum absolute atomic E-state index is 13.2. The van der Waals surface area contributed by atoms with Gasteiger partial charge in [0.05, 0.1) is 55.3 Å². The summed E-state index contributed by atoms with van der Waals surface area (Å²) in [5.74, 6) is 2.40. The first-order valence-corrected chi connectivity index (χ1v) is 21.3. The Morgan fingerprint density at radius 2 is 1.56 bits per heavy atom. The molecule has 0 saturated heterocycles. The number of hydrogen-bond donors (Lipinski definition) is 2. The van der Waals surface area contributed by atoms with Crippen molar-refractivity contribution in [2.75, 3.05) is 59.8 Å². The summed E-state index contributed by atoms with van der Waals surface area (Å²) in [4.78, 5) is 18.5. The normalized spacial score (nSPS) is 13.7. The molecule has 1 aliphatic heterocycles. The Balaban J connectivity index is 0.860. The Hall–Kier alpha value is -4.97. The molecule has 0 radical (unpaired) electrons. The van der Waals surface area contributed by atoms with Crippen molar-refractivity contribution in [3.63, 3.8) is 0 Å². The molecule has 0 saturated carbocycles. The van der Waals surface area contributed by atoms with Crippen LogP contribution in [-0.4, -0.2) is 99.8 Å². The molecule has 0 aliphatic carbocycles. The molecule has 3 aromatic carbocycles. The molecule has 0 unspecified atom stereocenters. The molecular weight excluding hydrogens is 798 g/mol. The third-order valence-corrected chi connectivity index (χ3v) is 11.6. The molecule has 0 fully saturated rings. The van der Waals surface area contributed by atoms with Crippen LogP contribution < -0.4 is 14.8 Å². The number of carbonyl (C=O) groups is 1. The Morgan fingerprint density at radius 1 is 0.847 bits per heavy atom. The molecule has 1 aliphatic rings. The third kappa shape index (κ3) is 11.0. The van der Waals surface area contributed by atoms with Crippen molar-refractivity contribution in [2.45, 2.75) is 57.9 Å². The lowest BCUT2D eigenvalue weighted by atomic mass is 10.00. The van der Waals surface area contributed by atoms with Crippen LogP contribution in [0.3, 0.4) is 0 Å². The highest BCUT2D eigenvalue weighted by atomic mass is 35.5. The molecule has 1 amide bonds. The molecule has 1 atom stereocenters. The first-order chi connectivity index (χ1) is 28.5. The second-order valence-corrected chi connectivity index (χ2v) is 16.2. The van der Waals surface area contributed by atoms with E-state index in [1.165, 1.54) is 0 Å². The van der Waals surface area contributed by atoms with Gasteiger partial charge in [0.15, 0.2) is 5.82 Å². The van der Waals surface area contributed by atoms with Crippen LogP contribution in [0, 0.1) is 27.7 Å². The summed E-state index contributed by atoms with van der Waals surface area (Å²) in [7, 11) is -2.13. The predicted octanol–water partition coefficient (Wildman–Crippen LogP) is 6.02. The van der Waals surface area contributed by atoms with E-state index in [0.717, 1.165) is 27.9 Å². The van der Waals surface area contributed by atoms with Gasteiger partial charge in [-0.15, -0.1) is 10.2 Å². The SMILES string of the molecule is COc1ccc2c(c1)C(c1ccc(Cl)cc1)=N[C@@H](CC(=O)NCCCOCCOCCCOCCNS(=O)(=O)c1cc(-c3c(C)noc3C)ccc1C)c1nnc(C)n1-2. The van der Waals surface area contributed by atoms with Crippen LogP contribution in [0.5, 0.6) is 5.75 Å². The maximum atomic E-state index is 13.2. The quantitative estimate of drug-likeness (QED) is 0.0824. The summed E-state index contributed by atoms with van der Waals surface area (Å²) in [6.45, 7) is 10.3. The first-order valence-electron chi connectivity index (χ1n) is 19.4. The summed E-state index contributed by atoms with van der Waals surface area (Å²) in [5, 5.41) is 16.3. The summed E-state index contributed by atoms with van der Waals surface area (Å²) in [6.07, 6.45) is 1.35. The topological polar surface area (TPSA) is 181 Å². The number of carbonyl (C=O) groups excluding carboxylic acids is 1. The molecule has 3 heterocycles. The summed E-state index contributed by atoms with van der Waals surface area (Å²) >= 11 is 6.21. The lowest BCUT2D eigenvalue weighted by Gasteiger charge is -2.14. The van der Waals surface area contributed by atoms with Crippen molar-refractivity contribution < 1.29 is 36.7 Å². The van der Waals surface area contributed by atoms with E-state index in [1.807, 2.05) is 66.9 Å².